The maximum atomic E-state index is 10.6. The van der Waals surface area contributed by atoms with E-state index in [1.807, 2.05) is 24.3 Å². The van der Waals surface area contributed by atoms with E-state index in [0.717, 1.165) is 11.3 Å². The zero-order valence-corrected chi connectivity index (χ0v) is 8.47. The van der Waals surface area contributed by atoms with Gasteiger partial charge in [0.2, 0.25) is 0 Å². The summed E-state index contributed by atoms with van der Waals surface area (Å²) in [6.45, 7) is 0. The third kappa shape index (κ3) is 1.60. The van der Waals surface area contributed by atoms with Gasteiger partial charge in [-0.05, 0) is 0 Å². The van der Waals surface area contributed by atoms with Crippen molar-refractivity contribution < 1.29 is 13.6 Å². The van der Waals surface area contributed by atoms with Crippen LogP contribution in [0, 0.1) is 0 Å². The van der Waals surface area contributed by atoms with E-state index < -0.39 is 22.1 Å². The molecule has 0 aliphatic carbocycles. The molecule has 4 heteroatoms. The van der Waals surface area contributed by atoms with Crippen molar-refractivity contribution in [1.29, 1.82) is 0 Å². The standard InChI is InChI=1S/C9H6AsO3/c11-9(12)7-5-6-3-1-2-4-8(6)13-10-7/h1-5H,(H,11,12). The average molecular weight is 237 g/mol. The van der Waals surface area contributed by atoms with Gasteiger partial charge >= 0.3 is 81.7 Å². The van der Waals surface area contributed by atoms with Crippen LogP contribution >= 0.6 is 0 Å². The minimum absolute atomic E-state index is 0.384. The summed E-state index contributed by atoms with van der Waals surface area (Å²) in [4.78, 5) is 10.6. The van der Waals surface area contributed by atoms with Crippen LogP contribution in [0.3, 0.4) is 0 Å². The number of rotatable bonds is 1. The van der Waals surface area contributed by atoms with Gasteiger partial charge in [-0.2, -0.15) is 0 Å². The van der Waals surface area contributed by atoms with E-state index in [1.54, 1.807) is 6.08 Å². The number of fused-ring (bicyclic) bond motifs is 1. The first-order valence-corrected chi connectivity index (χ1v) is 5.40. The fourth-order valence-corrected chi connectivity index (χ4v) is 2.38. The second-order valence-corrected chi connectivity index (χ2v) is 4.33. The van der Waals surface area contributed by atoms with E-state index in [2.05, 4.69) is 0 Å². The molecule has 0 bridgehead atoms. The summed E-state index contributed by atoms with van der Waals surface area (Å²) in [7, 11) is 0. The van der Waals surface area contributed by atoms with Crippen LogP contribution in [-0.2, 0) is 4.79 Å². The van der Waals surface area contributed by atoms with Gasteiger partial charge in [0, 0.05) is 0 Å². The van der Waals surface area contributed by atoms with Crippen molar-refractivity contribution >= 4 is 28.1 Å². The minimum atomic E-state index is -0.880. The van der Waals surface area contributed by atoms with Gasteiger partial charge in [-0.25, -0.2) is 0 Å². The summed E-state index contributed by atoms with van der Waals surface area (Å²) in [6, 6.07) is 7.43. The number of carboxylic acids is 1. The summed E-state index contributed by atoms with van der Waals surface area (Å²) in [5.41, 5.74) is 0.849. The third-order valence-corrected chi connectivity index (χ3v) is 3.36. The Kier molecular flexibility index (Phi) is 2.11. The molecule has 13 heavy (non-hydrogen) atoms. The Morgan fingerprint density at radius 3 is 2.92 bits per heavy atom. The molecule has 1 aromatic carbocycles. The SMILES string of the molecule is O=C(O)C1=Cc2ccccc2O[As]1. The van der Waals surface area contributed by atoms with Gasteiger partial charge in [0.25, 0.3) is 0 Å². The first-order valence-electron chi connectivity index (χ1n) is 3.69. The first-order chi connectivity index (χ1) is 6.27. The van der Waals surface area contributed by atoms with Crippen LogP contribution in [0.5, 0.6) is 5.75 Å². The number of hydrogen-bond acceptors (Lipinski definition) is 2. The van der Waals surface area contributed by atoms with Gasteiger partial charge in [-0.1, -0.05) is 0 Å². The predicted octanol–water partition coefficient (Wildman–Crippen LogP) is 1.12. The molecular weight excluding hydrogens is 231 g/mol. The Labute approximate surface area is 82.1 Å². The Balaban J connectivity index is 2.44. The molecule has 1 N–H and O–H groups in total. The molecule has 1 aliphatic heterocycles. The molecule has 0 saturated heterocycles. The molecule has 0 atom stereocenters. The van der Waals surface area contributed by atoms with E-state index >= 15 is 0 Å². The number of carbonyl (C=O) groups is 1. The molecule has 0 unspecified atom stereocenters. The van der Waals surface area contributed by atoms with Crippen LogP contribution in [0.25, 0.3) is 6.08 Å². The van der Waals surface area contributed by atoms with Crippen LogP contribution < -0.4 is 3.73 Å². The Morgan fingerprint density at radius 1 is 1.38 bits per heavy atom. The molecule has 2 rings (SSSR count). The zero-order valence-electron chi connectivity index (χ0n) is 6.60. The molecule has 1 heterocycles. The molecule has 1 aliphatic rings. The Bertz CT molecular complexity index is 384. The molecule has 0 saturated carbocycles. The van der Waals surface area contributed by atoms with Gasteiger partial charge in [0.1, 0.15) is 0 Å². The van der Waals surface area contributed by atoms with Gasteiger partial charge in [0.05, 0.1) is 0 Å². The number of hydrogen-bond donors (Lipinski definition) is 1. The van der Waals surface area contributed by atoms with Crippen LogP contribution in [-0.4, -0.2) is 27.2 Å². The fraction of sp³-hybridized carbons (Fsp3) is 0. The molecule has 65 valence electrons. The monoisotopic (exact) mass is 237 g/mol. The predicted molar refractivity (Wildman–Crippen MR) is 48.4 cm³/mol. The quantitative estimate of drug-likeness (QED) is 0.744. The molecular formula is C9H6AsO3. The van der Waals surface area contributed by atoms with E-state index in [-0.39, 0.29) is 0 Å². The fourth-order valence-electron chi connectivity index (χ4n) is 1.06. The Hall–Kier alpha value is -1.21. The first kappa shape index (κ1) is 8.39. The summed E-state index contributed by atoms with van der Waals surface area (Å²) in [5.74, 6) is -0.0954. The molecule has 0 fully saturated rings. The normalized spacial score (nSPS) is 15.8. The summed E-state index contributed by atoms with van der Waals surface area (Å²) in [6.07, 6.45) is 1.68. The molecule has 1 radical (unpaired) electrons. The second kappa shape index (κ2) is 3.27. The summed E-state index contributed by atoms with van der Waals surface area (Å²) < 4.78 is 5.73. The van der Waals surface area contributed by atoms with Crippen molar-refractivity contribution in [2.75, 3.05) is 0 Å². The van der Waals surface area contributed by atoms with Gasteiger partial charge in [0.15, 0.2) is 0 Å². The number of aliphatic carboxylic acids is 1. The number of benzene rings is 1. The molecule has 0 aromatic heterocycles. The van der Waals surface area contributed by atoms with Crippen molar-refractivity contribution in [3.05, 3.63) is 34.2 Å². The third-order valence-electron chi connectivity index (χ3n) is 1.67. The van der Waals surface area contributed by atoms with Gasteiger partial charge in [-0.15, -0.1) is 0 Å². The zero-order chi connectivity index (χ0) is 9.26. The number of carboxylic acid groups (broad SMARTS) is 1. The Morgan fingerprint density at radius 2 is 2.15 bits per heavy atom. The van der Waals surface area contributed by atoms with Crippen molar-refractivity contribution in [2.45, 2.75) is 0 Å². The maximum absolute atomic E-state index is 10.6. The molecule has 1 aromatic rings. The van der Waals surface area contributed by atoms with Gasteiger partial charge < -0.3 is 0 Å². The van der Waals surface area contributed by atoms with Crippen LogP contribution in [0.1, 0.15) is 5.56 Å². The molecule has 0 spiro atoms. The van der Waals surface area contributed by atoms with Crippen LogP contribution in [0.2, 0.25) is 0 Å². The molecule has 0 amide bonds. The topological polar surface area (TPSA) is 46.5 Å². The van der Waals surface area contributed by atoms with Crippen molar-refractivity contribution in [2.24, 2.45) is 0 Å². The molecule has 3 nitrogen and oxygen atoms in total. The number of para-hydroxylation sites is 1. The second-order valence-electron chi connectivity index (χ2n) is 2.56. The van der Waals surface area contributed by atoms with E-state index in [1.165, 1.54) is 0 Å². The van der Waals surface area contributed by atoms with E-state index in [0.29, 0.717) is 4.36 Å². The summed E-state index contributed by atoms with van der Waals surface area (Å²) >= 11 is -0.676. The summed E-state index contributed by atoms with van der Waals surface area (Å²) in [5, 5.41) is 8.74. The van der Waals surface area contributed by atoms with Crippen LogP contribution in [0.4, 0.5) is 0 Å². The van der Waals surface area contributed by atoms with Crippen molar-refractivity contribution in [3.8, 4) is 5.75 Å². The van der Waals surface area contributed by atoms with E-state index in [9.17, 15) is 4.79 Å². The van der Waals surface area contributed by atoms with E-state index in [4.69, 9.17) is 8.83 Å². The van der Waals surface area contributed by atoms with Crippen molar-refractivity contribution in [1.82, 2.24) is 0 Å². The van der Waals surface area contributed by atoms with Crippen molar-refractivity contribution in [3.63, 3.8) is 0 Å². The average Bonchev–Trinajstić information content (AvgIpc) is 2.17. The van der Waals surface area contributed by atoms with Gasteiger partial charge in [-0.3, -0.25) is 0 Å². The van der Waals surface area contributed by atoms with Crippen LogP contribution in [0.15, 0.2) is 28.6 Å².